The van der Waals surface area contributed by atoms with Crippen LogP contribution in [0.4, 0.5) is 4.79 Å². The summed E-state index contributed by atoms with van der Waals surface area (Å²) in [5.74, 6) is 2.06. The lowest BCUT2D eigenvalue weighted by atomic mass is 9.82. The Morgan fingerprint density at radius 1 is 0.820 bits per heavy atom. The van der Waals surface area contributed by atoms with Crippen LogP contribution in [-0.2, 0) is 22.4 Å². The summed E-state index contributed by atoms with van der Waals surface area (Å²) in [6.45, 7) is 15.3. The summed E-state index contributed by atoms with van der Waals surface area (Å²) in [5, 5.41) is 4.97. The number of imidazole rings is 2. The van der Waals surface area contributed by atoms with Crippen LogP contribution in [0, 0.1) is 17.3 Å². The van der Waals surface area contributed by atoms with Gasteiger partial charge in [0.2, 0.25) is 5.91 Å². The maximum Gasteiger partial charge on any atom is 0.407 e. The van der Waals surface area contributed by atoms with Gasteiger partial charge in [0.25, 0.3) is 0 Å². The zero-order valence-corrected chi connectivity index (χ0v) is 36.3. The van der Waals surface area contributed by atoms with Gasteiger partial charge >= 0.3 is 6.09 Å². The van der Waals surface area contributed by atoms with Gasteiger partial charge in [0, 0.05) is 35.0 Å². The fourth-order valence-electron chi connectivity index (χ4n) is 11.3. The molecule has 3 unspecified atom stereocenters. The van der Waals surface area contributed by atoms with E-state index in [2.05, 4.69) is 83.2 Å². The van der Waals surface area contributed by atoms with Crippen molar-refractivity contribution in [3.63, 3.8) is 0 Å². The van der Waals surface area contributed by atoms with Gasteiger partial charge in [0.15, 0.2) is 0 Å². The summed E-state index contributed by atoms with van der Waals surface area (Å²) in [6.07, 6.45) is 14.6. The number of hydrogen-bond donors (Lipinski definition) is 3. The lowest BCUT2D eigenvalue weighted by Gasteiger charge is -2.30. The van der Waals surface area contributed by atoms with Crippen LogP contribution in [-0.4, -0.2) is 74.5 Å². The molecule has 2 saturated heterocycles. The van der Waals surface area contributed by atoms with Gasteiger partial charge in [0.05, 0.1) is 43.0 Å². The van der Waals surface area contributed by atoms with Crippen molar-refractivity contribution in [2.24, 2.45) is 17.3 Å². The van der Waals surface area contributed by atoms with Crippen molar-refractivity contribution in [1.82, 2.24) is 35.1 Å². The van der Waals surface area contributed by atoms with Crippen molar-refractivity contribution in [2.75, 3.05) is 26.7 Å². The number of rotatable bonds is 11. The number of fused-ring (bicyclic) bond motifs is 6. The van der Waals surface area contributed by atoms with E-state index < -0.39 is 12.1 Å². The molecule has 4 aliphatic rings. The topological polar surface area (TPSA) is 132 Å². The Labute approximate surface area is 358 Å². The molecular weight excluding hydrogens is 763 g/mol. The number of H-pyrrole nitrogens is 2. The maximum absolute atomic E-state index is 13.9. The molecule has 11 heteroatoms. The second-order valence-electron chi connectivity index (χ2n) is 19.1. The molecule has 1 saturated carbocycles. The van der Waals surface area contributed by atoms with Crippen molar-refractivity contribution >= 4 is 33.9 Å². The number of carbonyl (C=O) groups excluding carboxylic acids is 2. The molecule has 6 heterocycles. The van der Waals surface area contributed by atoms with Crippen LogP contribution >= 0.6 is 0 Å². The molecule has 2 aliphatic heterocycles. The van der Waals surface area contributed by atoms with E-state index in [0.717, 1.165) is 95.7 Å². The number of amides is 2. The summed E-state index contributed by atoms with van der Waals surface area (Å²) >= 11 is 0. The van der Waals surface area contributed by atoms with Crippen LogP contribution in [0.2, 0.25) is 0 Å². The minimum Gasteiger partial charge on any atom is -0.456 e. The molecule has 61 heavy (non-hydrogen) atoms. The largest absolute Gasteiger partial charge is 0.456 e. The standard InChI is InChI=1S/C50H59N7O4/c1-28(2)30(5)27-56-21-9-11-39(56)46-51-25-37(53-46)32-14-13-31(35-23-50(24-36(32)35)19-7-8-20-50)33-15-16-34(44-42-18-17-41(61-42)43(33)44)38-26-52-47(54-38)40-12-10-22-57(40)48(58)45(29(3)4)55-49(59)60-6/h13-18,25-26,28-29,39-40,45H,5,7-12,19-24,27H2,1-4,6H3,(H,51,53)(H,52,54)(H,55,59). The highest BCUT2D eigenvalue weighted by Crippen LogP contribution is 2.54. The summed E-state index contributed by atoms with van der Waals surface area (Å²) in [7, 11) is 1.31. The van der Waals surface area contributed by atoms with Crippen molar-refractivity contribution in [3.8, 4) is 33.6 Å². The summed E-state index contributed by atoms with van der Waals surface area (Å²) in [6, 6.07) is 12.7. The minimum atomic E-state index is -0.689. The molecule has 3 atom stereocenters. The third kappa shape index (κ3) is 6.84. The SMILES string of the molecule is C=C(CN1CCCC1c1ncc(-c2ccc(-c3ccc(-c4cnc(C5CCCN5C(=O)C(NC(=O)OC)C(C)C)[nH]4)c4c5ccc(o5)c34)c3c2CC2(CCCC2)C3)[nH]1)C(C)C. The first-order chi connectivity index (χ1) is 29.5. The molecule has 6 aromatic rings. The van der Waals surface area contributed by atoms with Crippen LogP contribution in [0.3, 0.4) is 0 Å². The molecule has 2 aliphatic carbocycles. The molecule has 2 bridgehead atoms. The van der Waals surface area contributed by atoms with E-state index in [1.807, 2.05) is 24.9 Å². The Morgan fingerprint density at radius 2 is 1.41 bits per heavy atom. The molecule has 1 spiro atoms. The summed E-state index contributed by atoms with van der Waals surface area (Å²) in [4.78, 5) is 47.8. The molecular formula is C50H59N7O4. The number of alkyl carbamates (subject to hydrolysis) is 1. The lowest BCUT2D eigenvalue weighted by molar-refractivity contribution is -0.135. The quantitative estimate of drug-likeness (QED) is 0.111. The van der Waals surface area contributed by atoms with Gasteiger partial charge < -0.3 is 29.3 Å². The van der Waals surface area contributed by atoms with E-state index in [9.17, 15) is 9.59 Å². The van der Waals surface area contributed by atoms with Crippen LogP contribution in [0.5, 0.6) is 0 Å². The van der Waals surface area contributed by atoms with Gasteiger partial charge in [-0.1, -0.05) is 77.0 Å². The van der Waals surface area contributed by atoms with Crippen LogP contribution in [0.15, 0.2) is 65.4 Å². The number of furan rings is 2. The third-order valence-corrected chi connectivity index (χ3v) is 14.7. The number of carbonyl (C=O) groups is 2. The lowest BCUT2D eigenvalue weighted by Crippen LogP contribution is -2.51. The highest BCUT2D eigenvalue weighted by molar-refractivity contribution is 6.19. The van der Waals surface area contributed by atoms with Gasteiger partial charge in [-0.05, 0) is 110 Å². The average Bonchev–Trinajstić information content (AvgIpc) is 4.11. The zero-order chi connectivity index (χ0) is 42.2. The van der Waals surface area contributed by atoms with Crippen molar-refractivity contribution in [3.05, 3.63) is 83.7 Å². The van der Waals surface area contributed by atoms with E-state index in [-0.39, 0.29) is 23.9 Å². The van der Waals surface area contributed by atoms with Crippen molar-refractivity contribution in [2.45, 2.75) is 110 Å². The first-order valence-corrected chi connectivity index (χ1v) is 22.6. The molecule has 3 N–H and O–H groups in total. The molecule has 2 amide bonds. The van der Waals surface area contributed by atoms with E-state index in [4.69, 9.17) is 19.1 Å². The van der Waals surface area contributed by atoms with Crippen LogP contribution < -0.4 is 5.32 Å². The molecule has 318 valence electrons. The number of methoxy groups -OCH3 is 1. The van der Waals surface area contributed by atoms with Gasteiger partial charge in [0.1, 0.15) is 28.9 Å². The Kier molecular flexibility index (Phi) is 10.1. The number of nitrogens with zero attached hydrogens (tertiary/aromatic N) is 4. The van der Waals surface area contributed by atoms with E-state index in [0.29, 0.717) is 17.9 Å². The molecule has 10 rings (SSSR count). The fraction of sp³-hybridized carbons (Fsp3) is 0.480. The van der Waals surface area contributed by atoms with Gasteiger partial charge in [-0.25, -0.2) is 14.8 Å². The van der Waals surface area contributed by atoms with Gasteiger partial charge in [-0.2, -0.15) is 0 Å². The monoisotopic (exact) mass is 821 g/mol. The minimum absolute atomic E-state index is 0.104. The van der Waals surface area contributed by atoms with E-state index in [1.165, 1.54) is 72.6 Å². The average molecular weight is 822 g/mol. The zero-order valence-electron chi connectivity index (χ0n) is 36.3. The highest BCUT2D eigenvalue weighted by atomic mass is 16.5. The molecule has 2 aromatic carbocycles. The number of likely N-dealkylation sites (tertiary alicyclic amines) is 2. The molecule has 0 radical (unpaired) electrons. The predicted octanol–water partition coefficient (Wildman–Crippen LogP) is 10.5. The maximum atomic E-state index is 13.9. The Morgan fingerprint density at radius 3 is 2.10 bits per heavy atom. The molecule has 4 aromatic heterocycles. The Balaban J connectivity index is 0.993. The van der Waals surface area contributed by atoms with Crippen molar-refractivity contribution < 1.29 is 18.7 Å². The Bertz CT molecular complexity index is 2620. The van der Waals surface area contributed by atoms with E-state index in [1.54, 1.807) is 0 Å². The number of benzene rings is 3. The second-order valence-corrected chi connectivity index (χ2v) is 19.1. The highest BCUT2D eigenvalue weighted by Gasteiger charge is 2.43. The number of ether oxygens (including phenoxy) is 1. The van der Waals surface area contributed by atoms with Crippen LogP contribution in [0.1, 0.15) is 114 Å². The first kappa shape index (κ1) is 39.7. The fourth-order valence-corrected chi connectivity index (χ4v) is 11.3. The Hall–Kier alpha value is -5.42. The summed E-state index contributed by atoms with van der Waals surface area (Å²) in [5.41, 5.74) is 13.1. The number of aromatic amines is 2. The number of nitrogens with one attached hydrogen (secondary N) is 3. The molecule has 3 fully saturated rings. The van der Waals surface area contributed by atoms with Crippen molar-refractivity contribution in [1.29, 1.82) is 0 Å². The molecule has 11 nitrogen and oxygen atoms in total. The third-order valence-electron chi connectivity index (χ3n) is 14.7. The first-order valence-electron chi connectivity index (χ1n) is 22.6. The van der Waals surface area contributed by atoms with Gasteiger partial charge in [-0.3, -0.25) is 9.69 Å². The van der Waals surface area contributed by atoms with Gasteiger partial charge in [-0.15, -0.1) is 0 Å². The van der Waals surface area contributed by atoms with E-state index >= 15 is 0 Å². The summed E-state index contributed by atoms with van der Waals surface area (Å²) < 4.78 is 11.3. The second kappa shape index (κ2) is 15.5. The number of aromatic nitrogens is 4. The normalized spacial score (nSPS) is 20.6. The number of hydrogen-bond acceptors (Lipinski definition) is 7. The smallest absolute Gasteiger partial charge is 0.407 e. The van der Waals surface area contributed by atoms with Crippen LogP contribution in [0.25, 0.3) is 55.6 Å². The predicted molar refractivity (Wildman–Crippen MR) is 239 cm³/mol.